The predicted octanol–water partition coefficient (Wildman–Crippen LogP) is 4.46. The predicted molar refractivity (Wildman–Crippen MR) is 73.8 cm³/mol. The number of carbonyl (C=O) groups is 1. The van der Waals surface area contributed by atoms with Crippen molar-refractivity contribution in [3.05, 3.63) is 35.8 Å². The molecule has 0 radical (unpaired) electrons. The Morgan fingerprint density at radius 1 is 1.26 bits per heavy atom. The Labute approximate surface area is 112 Å². The molecular formula is C16H18FNO. The monoisotopic (exact) mass is 259 g/mol. The maximum absolute atomic E-state index is 13.2. The molecule has 1 aliphatic carbocycles. The zero-order valence-electron chi connectivity index (χ0n) is 11.1. The molecule has 1 aliphatic rings. The summed E-state index contributed by atoms with van der Waals surface area (Å²) in [5, 5.41) is 0.832. The number of halogens is 1. The minimum absolute atomic E-state index is 0.199. The average Bonchev–Trinajstić information content (AvgIpc) is 2.81. The lowest BCUT2D eigenvalue weighted by molar-refractivity contribution is 0.0751. The summed E-state index contributed by atoms with van der Waals surface area (Å²) in [6.45, 7) is 2.07. The summed E-state index contributed by atoms with van der Waals surface area (Å²) < 4.78 is 13.2. The molecule has 1 saturated carbocycles. The molecule has 0 saturated heterocycles. The number of rotatable bonds is 2. The Bertz CT molecular complexity index is 623. The van der Waals surface area contributed by atoms with Gasteiger partial charge in [0.15, 0.2) is 5.78 Å². The van der Waals surface area contributed by atoms with Gasteiger partial charge in [-0.15, -0.1) is 0 Å². The number of ketones is 1. The Balaban J connectivity index is 2.02. The van der Waals surface area contributed by atoms with Gasteiger partial charge in [0.1, 0.15) is 5.82 Å². The van der Waals surface area contributed by atoms with Crippen LogP contribution in [-0.4, -0.2) is 10.8 Å². The zero-order valence-corrected chi connectivity index (χ0v) is 11.1. The summed E-state index contributed by atoms with van der Waals surface area (Å²) in [7, 11) is 0. The van der Waals surface area contributed by atoms with Gasteiger partial charge in [-0.1, -0.05) is 26.2 Å². The molecule has 19 heavy (non-hydrogen) atoms. The first-order valence-corrected chi connectivity index (χ1v) is 6.92. The van der Waals surface area contributed by atoms with Crippen molar-refractivity contribution in [3.63, 3.8) is 0 Å². The largest absolute Gasteiger partial charge is 0.360 e. The van der Waals surface area contributed by atoms with Crippen LogP contribution in [0.4, 0.5) is 4.39 Å². The van der Waals surface area contributed by atoms with Gasteiger partial charge in [0, 0.05) is 28.1 Å². The Kier molecular flexibility index (Phi) is 2.92. The minimum atomic E-state index is -0.280. The molecule has 0 atom stereocenters. The topological polar surface area (TPSA) is 32.9 Å². The van der Waals surface area contributed by atoms with Crippen LogP contribution in [0, 0.1) is 11.2 Å². The third kappa shape index (κ3) is 2.07. The molecule has 100 valence electrons. The molecule has 1 aromatic heterocycles. The lowest BCUT2D eigenvalue weighted by Crippen LogP contribution is -2.30. The van der Waals surface area contributed by atoms with Crippen LogP contribution < -0.4 is 0 Å². The zero-order chi connectivity index (χ0) is 13.5. The van der Waals surface area contributed by atoms with E-state index < -0.39 is 0 Å². The van der Waals surface area contributed by atoms with Crippen molar-refractivity contribution < 1.29 is 9.18 Å². The molecule has 1 N–H and O–H groups in total. The third-order valence-electron chi connectivity index (χ3n) is 4.39. The van der Waals surface area contributed by atoms with Crippen LogP contribution in [0.25, 0.3) is 10.9 Å². The number of carbonyl (C=O) groups excluding carboxylic acids is 1. The standard InChI is InChI=1S/C16H18FNO/c1-16(7-3-2-4-8-16)15(19)13-10-18-14-9-11(17)5-6-12(13)14/h5-6,9-10,18H,2-4,7-8H2,1H3. The van der Waals surface area contributed by atoms with Gasteiger partial charge in [-0.05, 0) is 31.0 Å². The summed E-state index contributed by atoms with van der Waals surface area (Å²) >= 11 is 0. The molecule has 0 aliphatic heterocycles. The summed E-state index contributed by atoms with van der Waals surface area (Å²) in [4.78, 5) is 15.8. The van der Waals surface area contributed by atoms with E-state index in [0.717, 1.165) is 31.1 Å². The second-order valence-corrected chi connectivity index (χ2v) is 5.84. The number of aromatic amines is 1. The Hall–Kier alpha value is -1.64. The molecule has 2 nitrogen and oxygen atoms in total. The van der Waals surface area contributed by atoms with E-state index in [2.05, 4.69) is 11.9 Å². The van der Waals surface area contributed by atoms with Gasteiger partial charge in [0.2, 0.25) is 0 Å². The van der Waals surface area contributed by atoms with E-state index in [-0.39, 0.29) is 17.0 Å². The highest BCUT2D eigenvalue weighted by Crippen LogP contribution is 2.39. The quantitative estimate of drug-likeness (QED) is 0.793. The fraction of sp³-hybridized carbons (Fsp3) is 0.438. The van der Waals surface area contributed by atoms with E-state index in [0.29, 0.717) is 11.1 Å². The highest BCUT2D eigenvalue weighted by atomic mass is 19.1. The molecule has 0 spiro atoms. The molecule has 3 rings (SSSR count). The van der Waals surface area contributed by atoms with E-state index in [4.69, 9.17) is 0 Å². The SMILES string of the molecule is CC1(C(=O)c2c[nH]c3cc(F)ccc23)CCCCC1. The minimum Gasteiger partial charge on any atom is -0.360 e. The van der Waals surface area contributed by atoms with Crippen LogP contribution in [-0.2, 0) is 0 Å². The molecule has 2 aromatic rings. The molecule has 1 fully saturated rings. The maximum Gasteiger partial charge on any atom is 0.170 e. The second-order valence-electron chi connectivity index (χ2n) is 5.84. The van der Waals surface area contributed by atoms with Crippen molar-refractivity contribution in [3.8, 4) is 0 Å². The molecule has 1 heterocycles. The van der Waals surface area contributed by atoms with E-state index >= 15 is 0 Å². The van der Waals surface area contributed by atoms with Crippen LogP contribution in [0.15, 0.2) is 24.4 Å². The van der Waals surface area contributed by atoms with Crippen molar-refractivity contribution in [2.45, 2.75) is 39.0 Å². The fourth-order valence-corrected chi connectivity index (χ4v) is 3.17. The first kappa shape index (κ1) is 12.4. The first-order chi connectivity index (χ1) is 9.10. The molecular weight excluding hydrogens is 241 g/mol. The van der Waals surface area contributed by atoms with Crippen molar-refractivity contribution in [2.24, 2.45) is 5.41 Å². The number of hydrogen-bond acceptors (Lipinski definition) is 1. The molecule has 0 amide bonds. The number of benzene rings is 1. The Morgan fingerprint density at radius 2 is 2.00 bits per heavy atom. The van der Waals surface area contributed by atoms with Gasteiger partial charge in [-0.25, -0.2) is 4.39 Å². The number of hydrogen-bond donors (Lipinski definition) is 1. The van der Waals surface area contributed by atoms with Crippen molar-refractivity contribution in [1.82, 2.24) is 4.98 Å². The van der Waals surface area contributed by atoms with Crippen molar-refractivity contribution in [1.29, 1.82) is 0 Å². The van der Waals surface area contributed by atoms with Crippen LogP contribution in [0.3, 0.4) is 0 Å². The molecule has 1 aromatic carbocycles. The first-order valence-electron chi connectivity index (χ1n) is 6.92. The van der Waals surface area contributed by atoms with E-state index in [1.165, 1.54) is 18.6 Å². The summed E-state index contributed by atoms with van der Waals surface area (Å²) in [6.07, 6.45) is 7.12. The summed E-state index contributed by atoms with van der Waals surface area (Å²) in [5.41, 5.74) is 1.16. The van der Waals surface area contributed by atoms with Gasteiger partial charge in [-0.3, -0.25) is 4.79 Å². The third-order valence-corrected chi connectivity index (χ3v) is 4.39. The van der Waals surface area contributed by atoms with Crippen molar-refractivity contribution in [2.75, 3.05) is 0 Å². The average molecular weight is 259 g/mol. The molecule has 0 unspecified atom stereocenters. The molecule has 3 heteroatoms. The van der Waals surface area contributed by atoms with Gasteiger partial charge < -0.3 is 4.98 Å². The lowest BCUT2D eigenvalue weighted by atomic mass is 9.71. The highest BCUT2D eigenvalue weighted by Gasteiger charge is 2.36. The van der Waals surface area contributed by atoms with Gasteiger partial charge in [0.25, 0.3) is 0 Å². The lowest BCUT2D eigenvalue weighted by Gasteiger charge is -2.31. The number of H-pyrrole nitrogens is 1. The van der Waals surface area contributed by atoms with E-state index in [1.807, 2.05) is 0 Å². The Morgan fingerprint density at radius 3 is 2.74 bits per heavy atom. The number of aromatic nitrogens is 1. The van der Waals surface area contributed by atoms with Crippen LogP contribution >= 0.6 is 0 Å². The second kappa shape index (κ2) is 4.48. The highest BCUT2D eigenvalue weighted by molar-refractivity contribution is 6.10. The van der Waals surface area contributed by atoms with Crippen LogP contribution in [0.2, 0.25) is 0 Å². The number of fused-ring (bicyclic) bond motifs is 1. The van der Waals surface area contributed by atoms with E-state index in [1.54, 1.807) is 12.3 Å². The normalized spacial score (nSPS) is 18.6. The maximum atomic E-state index is 13.2. The van der Waals surface area contributed by atoms with Gasteiger partial charge in [-0.2, -0.15) is 0 Å². The van der Waals surface area contributed by atoms with Crippen molar-refractivity contribution >= 4 is 16.7 Å². The van der Waals surface area contributed by atoms with Crippen LogP contribution in [0.1, 0.15) is 49.4 Å². The fourth-order valence-electron chi connectivity index (χ4n) is 3.17. The number of Topliss-reactive ketones (excluding diaryl/α,β-unsaturated/α-hetero) is 1. The molecule has 0 bridgehead atoms. The smallest absolute Gasteiger partial charge is 0.170 e. The summed E-state index contributed by atoms with van der Waals surface area (Å²) in [5.74, 6) is -0.0812. The van der Waals surface area contributed by atoms with Crippen LogP contribution in [0.5, 0.6) is 0 Å². The number of nitrogens with one attached hydrogen (secondary N) is 1. The summed E-state index contributed by atoms with van der Waals surface area (Å²) in [6, 6.07) is 4.55. The van der Waals surface area contributed by atoms with Gasteiger partial charge in [0.05, 0.1) is 0 Å². The van der Waals surface area contributed by atoms with E-state index in [9.17, 15) is 9.18 Å². The van der Waals surface area contributed by atoms with Gasteiger partial charge >= 0.3 is 0 Å².